The van der Waals surface area contributed by atoms with Crippen molar-refractivity contribution in [2.45, 2.75) is 179 Å². The highest BCUT2D eigenvalue weighted by Gasteiger charge is 1.92. The molecule has 0 aliphatic rings. The summed E-state index contributed by atoms with van der Waals surface area (Å²) in [5.74, 6) is 0. The highest BCUT2D eigenvalue weighted by molar-refractivity contribution is 4.48. The summed E-state index contributed by atoms with van der Waals surface area (Å²) in [7, 11) is 1.65. The lowest BCUT2D eigenvalue weighted by Crippen LogP contribution is -2.22. The van der Waals surface area contributed by atoms with Crippen molar-refractivity contribution in [3.8, 4) is 0 Å². The molecule has 0 aromatic heterocycles. The van der Waals surface area contributed by atoms with E-state index in [1.54, 1.807) is 14.0 Å². The SMILES string of the molecule is C.C.C.CCCCCCCCCCCCN.CCCCCCCCN.CCCCN.CCO.COCCOCC(C)N. The molecule has 1 atom stereocenters. The smallest absolute Gasteiger partial charge is 0.0701 e. The Morgan fingerprint density at radius 3 is 1.02 bits per heavy atom. The highest BCUT2D eigenvalue weighted by atomic mass is 16.5. The Morgan fingerprint density at radius 1 is 0.524 bits per heavy atom. The largest absolute Gasteiger partial charge is 0.397 e. The molecule has 1 unspecified atom stereocenters. The van der Waals surface area contributed by atoms with Gasteiger partial charge in [-0.05, 0) is 52.7 Å². The van der Waals surface area contributed by atoms with Gasteiger partial charge in [0.1, 0.15) is 0 Å². The molecule has 0 bridgehead atoms. The summed E-state index contributed by atoms with van der Waals surface area (Å²) in [5.41, 5.74) is 21.3. The molecule has 0 aromatic carbocycles. The van der Waals surface area contributed by atoms with Crippen LogP contribution in [0.15, 0.2) is 0 Å². The van der Waals surface area contributed by atoms with Crippen LogP contribution in [0.1, 0.15) is 172 Å². The van der Waals surface area contributed by atoms with Crippen molar-refractivity contribution in [3.05, 3.63) is 0 Å². The molecule has 0 aliphatic heterocycles. The molecule has 9 N–H and O–H groups in total. The van der Waals surface area contributed by atoms with Gasteiger partial charge in [0.15, 0.2) is 0 Å². The zero-order valence-corrected chi connectivity index (χ0v) is 27.8. The fraction of sp³-hybridized carbons (Fsp3) is 1.00. The first-order chi connectivity index (χ1) is 18.9. The van der Waals surface area contributed by atoms with Gasteiger partial charge in [0, 0.05) is 19.8 Å². The summed E-state index contributed by atoms with van der Waals surface area (Å²) in [4.78, 5) is 0. The van der Waals surface area contributed by atoms with Crippen LogP contribution in [0.3, 0.4) is 0 Å². The predicted octanol–water partition coefficient (Wildman–Crippen LogP) is 8.82. The van der Waals surface area contributed by atoms with E-state index in [0.29, 0.717) is 19.8 Å². The molecule has 0 aliphatic carbocycles. The van der Waals surface area contributed by atoms with E-state index in [9.17, 15) is 0 Å². The van der Waals surface area contributed by atoms with E-state index in [1.807, 2.05) is 6.92 Å². The monoisotopic (exact) mass is 615 g/mol. The minimum absolute atomic E-state index is 0. The molecular formula is C35H90N4O3. The van der Waals surface area contributed by atoms with Crippen LogP contribution < -0.4 is 22.9 Å². The topological polar surface area (TPSA) is 143 Å². The number of hydrogen-bond donors (Lipinski definition) is 5. The Bertz CT molecular complexity index is 309. The summed E-state index contributed by atoms with van der Waals surface area (Å²) < 4.78 is 9.84. The Balaban J connectivity index is -0.0000000600. The highest BCUT2D eigenvalue weighted by Crippen LogP contribution is 2.10. The minimum atomic E-state index is 0. The van der Waals surface area contributed by atoms with Gasteiger partial charge in [0.05, 0.1) is 19.8 Å². The van der Waals surface area contributed by atoms with Crippen molar-refractivity contribution in [1.29, 1.82) is 0 Å². The van der Waals surface area contributed by atoms with Crippen LogP contribution in [0.25, 0.3) is 0 Å². The zero-order valence-electron chi connectivity index (χ0n) is 27.8. The van der Waals surface area contributed by atoms with Crippen LogP contribution in [0, 0.1) is 0 Å². The number of aliphatic hydroxyl groups excluding tert-OH is 1. The molecule has 0 spiro atoms. The average molecular weight is 615 g/mol. The summed E-state index contributed by atoms with van der Waals surface area (Å²) in [5, 5.41) is 7.57. The molecule has 42 heavy (non-hydrogen) atoms. The average Bonchev–Trinajstić information content (AvgIpc) is 2.92. The van der Waals surface area contributed by atoms with Crippen molar-refractivity contribution < 1.29 is 14.6 Å². The lowest BCUT2D eigenvalue weighted by Gasteiger charge is -2.04. The van der Waals surface area contributed by atoms with Crippen LogP contribution in [0.2, 0.25) is 0 Å². The van der Waals surface area contributed by atoms with Crippen molar-refractivity contribution in [2.75, 3.05) is 53.2 Å². The Kier molecular flexibility index (Phi) is 105. The van der Waals surface area contributed by atoms with Gasteiger partial charge in [-0.15, -0.1) is 0 Å². The molecule has 0 saturated heterocycles. The van der Waals surface area contributed by atoms with Gasteiger partial charge in [0.25, 0.3) is 0 Å². The van der Waals surface area contributed by atoms with Gasteiger partial charge in [-0.25, -0.2) is 0 Å². The number of aliphatic hydroxyl groups is 1. The van der Waals surface area contributed by atoms with Gasteiger partial charge >= 0.3 is 0 Å². The zero-order chi connectivity index (χ0) is 30.7. The fourth-order valence-corrected chi connectivity index (χ4v) is 3.17. The maximum atomic E-state index is 7.57. The van der Waals surface area contributed by atoms with Crippen LogP contribution in [-0.2, 0) is 9.47 Å². The van der Waals surface area contributed by atoms with E-state index in [1.165, 1.54) is 116 Å². The Hall–Kier alpha value is -0.280. The quantitative estimate of drug-likeness (QED) is 0.0723. The molecule has 0 amide bonds. The van der Waals surface area contributed by atoms with Crippen molar-refractivity contribution in [3.63, 3.8) is 0 Å². The summed E-state index contributed by atoms with van der Waals surface area (Å²) >= 11 is 0. The van der Waals surface area contributed by atoms with E-state index in [4.69, 9.17) is 37.5 Å². The third-order valence-electron chi connectivity index (χ3n) is 5.49. The molecule has 7 heteroatoms. The first-order valence-corrected chi connectivity index (χ1v) is 16.5. The lowest BCUT2D eigenvalue weighted by atomic mass is 10.1. The Labute approximate surface area is 269 Å². The summed E-state index contributed by atoms with van der Waals surface area (Å²) in [6.45, 7) is 15.0. The standard InChI is InChI=1S/C12H27N.C8H19N.C6H15NO2.C4H11N.C2H6O.3CH4/c1-2-3-4-5-6-7-8-9-10-11-12-13;1-2-3-4-5-6-7-8-9;1-6(7)5-9-4-3-8-2;1-2-3-4-5;1-2-3;;;/h2-13H2,1H3;2-9H2,1H3;6H,3-5,7H2,1-2H3;2-5H2,1H3;3H,2H2,1H3;3*1H4. The van der Waals surface area contributed by atoms with Crippen LogP contribution in [0.4, 0.5) is 0 Å². The summed E-state index contributed by atoms with van der Waals surface area (Å²) in [6, 6.07) is 0.127. The second-order valence-electron chi connectivity index (χ2n) is 10.0. The van der Waals surface area contributed by atoms with E-state index >= 15 is 0 Å². The molecule has 0 heterocycles. The second kappa shape index (κ2) is 72.7. The molecule has 268 valence electrons. The van der Waals surface area contributed by atoms with Crippen LogP contribution in [-0.4, -0.2) is 64.3 Å². The number of rotatable bonds is 23. The number of ether oxygens (including phenoxy) is 2. The molecule has 0 fully saturated rings. The number of hydrogen-bond acceptors (Lipinski definition) is 7. The van der Waals surface area contributed by atoms with Crippen molar-refractivity contribution >= 4 is 0 Å². The minimum Gasteiger partial charge on any atom is -0.397 e. The second-order valence-corrected chi connectivity index (χ2v) is 10.0. The first-order valence-electron chi connectivity index (χ1n) is 16.5. The lowest BCUT2D eigenvalue weighted by molar-refractivity contribution is 0.0656. The molecule has 0 radical (unpaired) electrons. The number of methoxy groups -OCH3 is 1. The maximum Gasteiger partial charge on any atom is 0.0701 e. The normalized spacial score (nSPS) is 9.79. The Morgan fingerprint density at radius 2 is 0.810 bits per heavy atom. The third-order valence-corrected chi connectivity index (χ3v) is 5.49. The molecule has 0 aromatic rings. The first kappa shape index (κ1) is 60.8. The van der Waals surface area contributed by atoms with Crippen LogP contribution >= 0.6 is 0 Å². The summed E-state index contributed by atoms with van der Waals surface area (Å²) in [6.07, 6.45) is 24.4. The number of unbranched alkanes of at least 4 members (excludes halogenated alkanes) is 15. The van der Waals surface area contributed by atoms with E-state index in [-0.39, 0.29) is 34.9 Å². The van der Waals surface area contributed by atoms with E-state index in [2.05, 4.69) is 20.8 Å². The van der Waals surface area contributed by atoms with Crippen LogP contribution in [0.5, 0.6) is 0 Å². The number of nitrogens with two attached hydrogens (primary N) is 4. The van der Waals surface area contributed by atoms with Gasteiger partial charge in [-0.3, -0.25) is 0 Å². The molecule has 0 saturated carbocycles. The maximum absolute atomic E-state index is 7.57. The van der Waals surface area contributed by atoms with Gasteiger partial charge in [-0.2, -0.15) is 0 Å². The van der Waals surface area contributed by atoms with Crippen molar-refractivity contribution in [1.82, 2.24) is 0 Å². The van der Waals surface area contributed by atoms with Gasteiger partial charge < -0.3 is 37.5 Å². The molecule has 0 rings (SSSR count). The van der Waals surface area contributed by atoms with Gasteiger partial charge in [0.2, 0.25) is 0 Å². The molecule has 7 nitrogen and oxygen atoms in total. The van der Waals surface area contributed by atoms with E-state index in [0.717, 1.165) is 19.6 Å². The predicted molar refractivity (Wildman–Crippen MR) is 197 cm³/mol. The third kappa shape index (κ3) is 106. The van der Waals surface area contributed by atoms with E-state index < -0.39 is 0 Å². The molecular weight excluding hydrogens is 524 g/mol. The van der Waals surface area contributed by atoms with Gasteiger partial charge in [-0.1, -0.05) is 139 Å². The van der Waals surface area contributed by atoms with Crippen molar-refractivity contribution in [2.24, 2.45) is 22.9 Å². The fourth-order valence-electron chi connectivity index (χ4n) is 3.17.